The molecule has 0 atom stereocenters. The van der Waals surface area contributed by atoms with Crippen molar-refractivity contribution in [1.29, 1.82) is 0 Å². The Morgan fingerprint density at radius 1 is 1.30 bits per heavy atom. The summed E-state index contributed by atoms with van der Waals surface area (Å²) in [6.07, 6.45) is 1.64. The first-order chi connectivity index (χ1) is 11.0. The summed E-state index contributed by atoms with van der Waals surface area (Å²) in [6.45, 7) is 8.17. The number of hydrogen-bond donors (Lipinski definition) is 0. The molecule has 0 radical (unpaired) electrons. The van der Waals surface area contributed by atoms with E-state index in [0.717, 1.165) is 32.8 Å². The van der Waals surface area contributed by atoms with Gasteiger partial charge in [-0.15, -0.1) is 0 Å². The lowest BCUT2D eigenvalue weighted by molar-refractivity contribution is 0.0223. The number of rotatable bonds is 4. The largest absolute Gasteiger partial charge is 0.496 e. The van der Waals surface area contributed by atoms with E-state index in [1.54, 1.807) is 24.1 Å². The quantitative estimate of drug-likeness (QED) is 0.855. The van der Waals surface area contributed by atoms with Crippen molar-refractivity contribution in [2.45, 2.75) is 19.4 Å². The molecule has 2 aromatic rings. The molecular formula is C17H23N3O3. The zero-order valence-electron chi connectivity index (χ0n) is 13.9. The Morgan fingerprint density at radius 3 is 2.74 bits per heavy atom. The van der Waals surface area contributed by atoms with Gasteiger partial charge in [-0.05, 0) is 26.0 Å². The Labute approximate surface area is 135 Å². The molecule has 0 unspecified atom stereocenters. The van der Waals surface area contributed by atoms with Crippen LogP contribution < -0.4 is 10.3 Å². The fourth-order valence-corrected chi connectivity index (χ4v) is 3.12. The highest BCUT2D eigenvalue weighted by molar-refractivity contribution is 5.84. The van der Waals surface area contributed by atoms with E-state index in [1.807, 2.05) is 12.1 Å². The van der Waals surface area contributed by atoms with Crippen LogP contribution in [-0.2, 0) is 10.3 Å². The second-order valence-electron chi connectivity index (χ2n) is 6.48. The highest BCUT2D eigenvalue weighted by Crippen LogP contribution is 2.22. The standard InChI is InChI=1S/C17H23N3O3/c1-17(2,11-19-7-9-23-10-8-19)20-12-18-13-5-4-6-14(22-3)15(13)16(20)21/h4-6,12H,7-11H2,1-3H3. The van der Waals surface area contributed by atoms with Gasteiger partial charge in [-0.25, -0.2) is 4.98 Å². The van der Waals surface area contributed by atoms with Crippen LogP contribution in [0.5, 0.6) is 5.75 Å². The molecule has 6 nitrogen and oxygen atoms in total. The number of methoxy groups -OCH3 is 1. The second kappa shape index (κ2) is 6.29. The molecule has 124 valence electrons. The molecule has 0 amide bonds. The molecule has 3 rings (SSSR count). The van der Waals surface area contributed by atoms with Crippen LogP contribution in [0, 0.1) is 0 Å². The van der Waals surface area contributed by atoms with Gasteiger partial charge < -0.3 is 9.47 Å². The molecule has 0 saturated carbocycles. The molecule has 1 aromatic heterocycles. The van der Waals surface area contributed by atoms with E-state index in [1.165, 1.54) is 0 Å². The fourth-order valence-electron chi connectivity index (χ4n) is 3.12. The number of benzene rings is 1. The summed E-state index contributed by atoms with van der Waals surface area (Å²) in [4.78, 5) is 19.8. The van der Waals surface area contributed by atoms with Gasteiger partial charge >= 0.3 is 0 Å². The van der Waals surface area contributed by atoms with E-state index in [4.69, 9.17) is 9.47 Å². The maximum atomic E-state index is 13.0. The molecule has 23 heavy (non-hydrogen) atoms. The summed E-state index contributed by atoms with van der Waals surface area (Å²) < 4.78 is 12.5. The smallest absolute Gasteiger partial charge is 0.265 e. The lowest BCUT2D eigenvalue weighted by Gasteiger charge is -2.35. The summed E-state index contributed by atoms with van der Waals surface area (Å²) in [5, 5.41) is 0.535. The summed E-state index contributed by atoms with van der Waals surface area (Å²) in [5.74, 6) is 0.566. The van der Waals surface area contributed by atoms with E-state index in [0.29, 0.717) is 16.7 Å². The van der Waals surface area contributed by atoms with Gasteiger partial charge in [0.2, 0.25) is 0 Å². The van der Waals surface area contributed by atoms with Gasteiger partial charge in [0, 0.05) is 19.6 Å². The lowest BCUT2D eigenvalue weighted by Crippen LogP contribution is -2.48. The van der Waals surface area contributed by atoms with E-state index in [-0.39, 0.29) is 11.1 Å². The summed E-state index contributed by atoms with van der Waals surface area (Å²) >= 11 is 0. The highest BCUT2D eigenvalue weighted by Gasteiger charge is 2.27. The lowest BCUT2D eigenvalue weighted by atomic mass is 10.0. The molecule has 6 heteroatoms. The third-order valence-corrected chi connectivity index (χ3v) is 4.34. The van der Waals surface area contributed by atoms with Crippen molar-refractivity contribution in [3.05, 3.63) is 34.9 Å². The normalized spacial score (nSPS) is 16.7. The average Bonchev–Trinajstić information content (AvgIpc) is 2.55. The van der Waals surface area contributed by atoms with Gasteiger partial charge in [0.15, 0.2) is 0 Å². The molecule has 0 spiro atoms. The van der Waals surface area contributed by atoms with Gasteiger partial charge in [0.25, 0.3) is 5.56 Å². The zero-order chi connectivity index (χ0) is 16.4. The van der Waals surface area contributed by atoms with Gasteiger partial charge in [-0.3, -0.25) is 14.3 Å². The number of aromatic nitrogens is 2. The Morgan fingerprint density at radius 2 is 2.04 bits per heavy atom. The minimum absolute atomic E-state index is 0.0642. The van der Waals surface area contributed by atoms with Crippen LogP contribution in [0.1, 0.15) is 13.8 Å². The summed E-state index contributed by atoms with van der Waals surface area (Å²) in [7, 11) is 1.57. The maximum Gasteiger partial charge on any atom is 0.265 e. The van der Waals surface area contributed by atoms with Crippen molar-refractivity contribution < 1.29 is 9.47 Å². The van der Waals surface area contributed by atoms with Gasteiger partial charge in [-0.1, -0.05) is 6.07 Å². The second-order valence-corrected chi connectivity index (χ2v) is 6.48. The Bertz CT molecular complexity index is 748. The molecule has 1 saturated heterocycles. The van der Waals surface area contributed by atoms with Crippen LogP contribution in [0.2, 0.25) is 0 Å². The highest BCUT2D eigenvalue weighted by atomic mass is 16.5. The molecule has 1 aliphatic rings. The van der Waals surface area contributed by atoms with Crippen molar-refractivity contribution in [2.24, 2.45) is 0 Å². The van der Waals surface area contributed by atoms with Crippen LogP contribution >= 0.6 is 0 Å². The summed E-state index contributed by atoms with van der Waals surface area (Å²) in [6, 6.07) is 5.47. The predicted molar refractivity (Wildman–Crippen MR) is 89.1 cm³/mol. The third-order valence-electron chi connectivity index (χ3n) is 4.34. The Kier molecular flexibility index (Phi) is 4.37. The Balaban J connectivity index is 2.01. The van der Waals surface area contributed by atoms with Gasteiger partial charge in [-0.2, -0.15) is 0 Å². The van der Waals surface area contributed by atoms with Crippen molar-refractivity contribution >= 4 is 10.9 Å². The van der Waals surface area contributed by atoms with Crippen LogP contribution in [0.4, 0.5) is 0 Å². The average molecular weight is 317 g/mol. The van der Waals surface area contributed by atoms with Crippen molar-refractivity contribution in [3.63, 3.8) is 0 Å². The molecule has 1 aromatic carbocycles. The number of nitrogens with zero attached hydrogens (tertiary/aromatic N) is 3. The fraction of sp³-hybridized carbons (Fsp3) is 0.529. The topological polar surface area (TPSA) is 56.6 Å². The van der Waals surface area contributed by atoms with Gasteiger partial charge in [0.05, 0.1) is 37.7 Å². The van der Waals surface area contributed by atoms with E-state index < -0.39 is 0 Å². The molecule has 0 N–H and O–H groups in total. The SMILES string of the molecule is COc1cccc2ncn(C(C)(C)CN3CCOCC3)c(=O)c12. The van der Waals surface area contributed by atoms with Crippen molar-refractivity contribution in [3.8, 4) is 5.75 Å². The monoisotopic (exact) mass is 317 g/mol. The molecular weight excluding hydrogens is 294 g/mol. The maximum absolute atomic E-state index is 13.0. The predicted octanol–water partition coefficient (Wildman–Crippen LogP) is 1.47. The molecule has 0 aliphatic carbocycles. The van der Waals surface area contributed by atoms with Gasteiger partial charge in [0.1, 0.15) is 11.1 Å². The zero-order valence-corrected chi connectivity index (χ0v) is 13.9. The van der Waals surface area contributed by atoms with E-state index >= 15 is 0 Å². The number of morpholine rings is 1. The Hall–Kier alpha value is -1.92. The molecule has 1 fully saturated rings. The van der Waals surface area contributed by atoms with Crippen LogP contribution in [0.3, 0.4) is 0 Å². The van der Waals surface area contributed by atoms with E-state index in [2.05, 4.69) is 23.7 Å². The first-order valence-corrected chi connectivity index (χ1v) is 7.88. The number of hydrogen-bond acceptors (Lipinski definition) is 5. The molecule has 1 aliphatic heterocycles. The molecule has 2 heterocycles. The minimum atomic E-state index is -0.365. The minimum Gasteiger partial charge on any atom is -0.496 e. The third kappa shape index (κ3) is 3.09. The number of fused-ring (bicyclic) bond motifs is 1. The number of ether oxygens (including phenoxy) is 2. The summed E-state index contributed by atoms with van der Waals surface area (Å²) in [5.41, 5.74) is 0.231. The van der Waals surface area contributed by atoms with E-state index in [9.17, 15) is 4.79 Å². The first kappa shape index (κ1) is 16.0. The van der Waals surface area contributed by atoms with Crippen molar-refractivity contribution in [2.75, 3.05) is 40.0 Å². The molecule has 0 bridgehead atoms. The van der Waals surface area contributed by atoms with Crippen LogP contribution in [0.15, 0.2) is 29.3 Å². The van der Waals surface area contributed by atoms with Crippen molar-refractivity contribution in [1.82, 2.24) is 14.5 Å². The van der Waals surface area contributed by atoms with Crippen LogP contribution in [0.25, 0.3) is 10.9 Å². The van der Waals surface area contributed by atoms with Crippen LogP contribution in [-0.4, -0.2) is 54.4 Å². The first-order valence-electron chi connectivity index (χ1n) is 7.88.